The Hall–Kier alpha value is -1.72. The van der Waals surface area contributed by atoms with Crippen molar-refractivity contribution in [3.05, 3.63) is 60.2 Å². The number of hydrogen-bond acceptors (Lipinski definition) is 3. The summed E-state index contributed by atoms with van der Waals surface area (Å²) in [6.07, 6.45) is 3.14. The topological polar surface area (TPSA) is 18.5 Å². The Kier molecular flexibility index (Phi) is 6.59. The Morgan fingerprint density at radius 1 is 1.00 bits per heavy atom. The smallest absolute Gasteiger partial charge is 0.169 e. The largest absolute Gasteiger partial charge is 0.367 e. The van der Waals surface area contributed by atoms with Gasteiger partial charge in [-0.2, -0.15) is 0 Å². The molecule has 1 saturated heterocycles. The number of nitrogens with one attached hydrogen (secondary N) is 1. The molecule has 1 aliphatic heterocycles. The molecule has 0 radical (unpaired) electrons. The summed E-state index contributed by atoms with van der Waals surface area (Å²) in [5.41, 5.74) is 2.69. The first-order valence-corrected chi connectivity index (χ1v) is 10.4. The first kappa shape index (κ1) is 18.1. The van der Waals surface area contributed by atoms with Crippen molar-refractivity contribution in [2.24, 2.45) is 0 Å². The monoisotopic (exact) mass is 371 g/mol. The van der Waals surface area contributed by atoms with Gasteiger partial charge in [-0.25, -0.2) is 0 Å². The van der Waals surface area contributed by atoms with Crippen molar-refractivity contribution in [2.45, 2.75) is 11.3 Å². The maximum absolute atomic E-state index is 5.59. The second-order valence-electron chi connectivity index (χ2n) is 6.11. The van der Waals surface area contributed by atoms with E-state index in [-0.39, 0.29) is 0 Å². The molecule has 0 aromatic heterocycles. The molecule has 0 atom stereocenters. The van der Waals surface area contributed by atoms with Gasteiger partial charge in [0, 0.05) is 37.6 Å². The van der Waals surface area contributed by atoms with E-state index >= 15 is 0 Å². The third-order valence-electron chi connectivity index (χ3n) is 4.53. The number of benzene rings is 2. The highest BCUT2D eigenvalue weighted by Crippen LogP contribution is 2.28. The molecule has 1 heterocycles. The van der Waals surface area contributed by atoms with Gasteiger partial charge in [-0.05, 0) is 42.6 Å². The minimum Gasteiger partial charge on any atom is -0.367 e. The molecule has 0 unspecified atom stereocenters. The van der Waals surface area contributed by atoms with Crippen molar-refractivity contribution >= 4 is 34.8 Å². The van der Waals surface area contributed by atoms with Crippen LogP contribution >= 0.6 is 24.0 Å². The normalized spacial score (nSPS) is 14.4. The summed E-state index contributed by atoms with van der Waals surface area (Å²) in [5.74, 6) is 0. The molecule has 5 heteroatoms. The van der Waals surface area contributed by atoms with Gasteiger partial charge in [0.15, 0.2) is 5.11 Å². The zero-order chi connectivity index (χ0) is 17.5. The van der Waals surface area contributed by atoms with Gasteiger partial charge in [-0.15, -0.1) is 11.8 Å². The maximum Gasteiger partial charge on any atom is 0.169 e. The van der Waals surface area contributed by atoms with E-state index in [2.05, 4.69) is 76.0 Å². The number of nitrogens with zero attached hydrogens (tertiary/aromatic N) is 2. The molecule has 1 aliphatic rings. The predicted molar refractivity (Wildman–Crippen MR) is 113 cm³/mol. The number of rotatable bonds is 5. The van der Waals surface area contributed by atoms with Crippen LogP contribution < -0.4 is 10.2 Å². The minimum atomic E-state index is 0.883. The van der Waals surface area contributed by atoms with Crippen LogP contribution in [0.25, 0.3) is 0 Å². The van der Waals surface area contributed by atoms with Gasteiger partial charge in [0.25, 0.3) is 0 Å². The average molecular weight is 372 g/mol. The molecule has 0 amide bonds. The Bertz CT molecular complexity index is 682. The third kappa shape index (κ3) is 4.89. The zero-order valence-electron chi connectivity index (χ0n) is 14.6. The molecule has 132 valence electrons. The average Bonchev–Trinajstić information content (AvgIpc) is 2.69. The van der Waals surface area contributed by atoms with Gasteiger partial charge in [-0.1, -0.05) is 42.5 Å². The van der Waals surface area contributed by atoms with E-state index in [0.29, 0.717) is 0 Å². The fourth-order valence-electron chi connectivity index (χ4n) is 3.11. The van der Waals surface area contributed by atoms with E-state index in [9.17, 15) is 0 Å². The first-order chi connectivity index (χ1) is 12.3. The minimum absolute atomic E-state index is 0.883. The molecule has 1 fully saturated rings. The highest BCUT2D eigenvalue weighted by Gasteiger charge is 2.20. The fourth-order valence-corrected chi connectivity index (χ4v) is 4.02. The van der Waals surface area contributed by atoms with Gasteiger partial charge in [0.1, 0.15) is 0 Å². The summed E-state index contributed by atoms with van der Waals surface area (Å²) >= 11 is 7.40. The van der Waals surface area contributed by atoms with Crippen LogP contribution in [0.15, 0.2) is 59.5 Å². The number of piperazine rings is 1. The van der Waals surface area contributed by atoms with Crippen molar-refractivity contribution in [3.63, 3.8) is 0 Å². The SMILES string of the molecule is CSc1ccccc1N1CCN(C(=S)NCCc2ccccc2)CC1. The standard InChI is InChI=1S/C20H25N3S2/c1-25-19-10-6-5-9-18(19)22-13-15-23(16-14-22)20(24)21-12-11-17-7-3-2-4-8-17/h2-10H,11-16H2,1H3,(H,21,24). The number of hydrogen-bond donors (Lipinski definition) is 1. The van der Waals surface area contributed by atoms with Gasteiger partial charge in [0.05, 0.1) is 5.69 Å². The van der Waals surface area contributed by atoms with Crippen molar-refractivity contribution in [1.82, 2.24) is 10.2 Å². The summed E-state index contributed by atoms with van der Waals surface area (Å²) in [7, 11) is 0. The summed E-state index contributed by atoms with van der Waals surface area (Å²) in [6.45, 7) is 4.86. The van der Waals surface area contributed by atoms with E-state index in [1.54, 1.807) is 0 Å². The molecule has 0 aliphatic carbocycles. The molecule has 3 rings (SSSR count). The number of anilines is 1. The maximum atomic E-state index is 5.59. The second-order valence-corrected chi connectivity index (χ2v) is 7.35. The molecule has 0 spiro atoms. The van der Waals surface area contributed by atoms with Crippen LogP contribution in [0.1, 0.15) is 5.56 Å². The second kappa shape index (κ2) is 9.11. The van der Waals surface area contributed by atoms with Gasteiger partial charge in [-0.3, -0.25) is 0 Å². The summed E-state index contributed by atoms with van der Waals surface area (Å²) in [5, 5.41) is 4.30. The Labute approximate surface area is 160 Å². The lowest BCUT2D eigenvalue weighted by Crippen LogP contribution is -2.52. The van der Waals surface area contributed by atoms with Gasteiger partial charge in [0.2, 0.25) is 0 Å². The molecule has 0 bridgehead atoms. The van der Waals surface area contributed by atoms with Crippen molar-refractivity contribution < 1.29 is 0 Å². The number of para-hydroxylation sites is 1. The first-order valence-electron chi connectivity index (χ1n) is 8.72. The zero-order valence-corrected chi connectivity index (χ0v) is 16.3. The molecule has 2 aromatic carbocycles. The van der Waals surface area contributed by atoms with E-state index < -0.39 is 0 Å². The molecular weight excluding hydrogens is 346 g/mol. The molecule has 0 saturated carbocycles. The fraction of sp³-hybridized carbons (Fsp3) is 0.350. The van der Waals surface area contributed by atoms with Gasteiger partial charge >= 0.3 is 0 Å². The van der Waals surface area contributed by atoms with Crippen molar-refractivity contribution in [2.75, 3.05) is 43.9 Å². The van der Waals surface area contributed by atoms with E-state index in [1.165, 1.54) is 16.1 Å². The number of thioether (sulfide) groups is 1. The summed E-state index contributed by atoms with van der Waals surface area (Å²) < 4.78 is 0. The molecule has 1 N–H and O–H groups in total. The lowest BCUT2D eigenvalue weighted by atomic mass is 10.1. The predicted octanol–water partition coefficient (Wildman–Crippen LogP) is 3.65. The lowest BCUT2D eigenvalue weighted by molar-refractivity contribution is 0.380. The Morgan fingerprint density at radius 2 is 1.68 bits per heavy atom. The van der Waals surface area contributed by atoms with Crippen LogP contribution in [0.5, 0.6) is 0 Å². The van der Waals surface area contributed by atoms with Crippen LogP contribution in [-0.4, -0.2) is 49.0 Å². The van der Waals surface area contributed by atoms with Crippen LogP contribution in [0.4, 0.5) is 5.69 Å². The molecular formula is C20H25N3S2. The van der Waals surface area contributed by atoms with E-state index in [0.717, 1.165) is 44.3 Å². The molecule has 3 nitrogen and oxygen atoms in total. The molecule has 25 heavy (non-hydrogen) atoms. The van der Waals surface area contributed by atoms with Gasteiger partial charge < -0.3 is 15.1 Å². The van der Waals surface area contributed by atoms with E-state index in [4.69, 9.17) is 12.2 Å². The lowest BCUT2D eigenvalue weighted by Gasteiger charge is -2.38. The van der Waals surface area contributed by atoms with Crippen LogP contribution in [0.3, 0.4) is 0 Å². The Balaban J connectivity index is 1.46. The quantitative estimate of drug-likeness (QED) is 0.637. The van der Waals surface area contributed by atoms with Crippen LogP contribution in [0.2, 0.25) is 0 Å². The van der Waals surface area contributed by atoms with Crippen molar-refractivity contribution in [3.8, 4) is 0 Å². The van der Waals surface area contributed by atoms with Crippen LogP contribution in [0, 0.1) is 0 Å². The van der Waals surface area contributed by atoms with E-state index in [1.807, 2.05) is 11.8 Å². The highest BCUT2D eigenvalue weighted by molar-refractivity contribution is 7.98. The number of thiocarbonyl (C=S) groups is 1. The highest BCUT2D eigenvalue weighted by atomic mass is 32.2. The summed E-state index contributed by atoms with van der Waals surface area (Å²) in [4.78, 5) is 6.10. The van der Waals surface area contributed by atoms with Crippen molar-refractivity contribution in [1.29, 1.82) is 0 Å². The Morgan fingerprint density at radius 3 is 2.40 bits per heavy atom. The summed E-state index contributed by atoms with van der Waals surface area (Å²) in [6, 6.07) is 19.2. The third-order valence-corrected chi connectivity index (χ3v) is 5.71. The van der Waals surface area contributed by atoms with Crippen LogP contribution in [-0.2, 0) is 6.42 Å². The molecule has 2 aromatic rings.